The van der Waals surface area contributed by atoms with Crippen molar-refractivity contribution in [2.45, 2.75) is 11.8 Å². The number of furan rings is 1. The zero-order valence-corrected chi connectivity index (χ0v) is 20.0. The van der Waals surface area contributed by atoms with Crippen LogP contribution in [0.2, 0.25) is 0 Å². The maximum atomic E-state index is 13.4. The van der Waals surface area contributed by atoms with Gasteiger partial charge in [-0.2, -0.15) is 0 Å². The molecule has 0 unspecified atom stereocenters. The van der Waals surface area contributed by atoms with Gasteiger partial charge in [-0.05, 0) is 67.6 Å². The fourth-order valence-corrected chi connectivity index (χ4v) is 4.56. The van der Waals surface area contributed by atoms with E-state index in [1.165, 1.54) is 22.9 Å². The highest BCUT2D eigenvalue weighted by molar-refractivity contribution is 8.04. The van der Waals surface area contributed by atoms with E-state index in [1.807, 2.05) is 37.3 Å². The Kier molecular flexibility index (Phi) is 6.42. The van der Waals surface area contributed by atoms with E-state index in [1.54, 1.807) is 60.7 Å². The van der Waals surface area contributed by atoms with Crippen LogP contribution in [0.25, 0.3) is 0 Å². The largest absolute Gasteiger partial charge is 0.459 e. The first-order chi connectivity index (χ1) is 17.5. The Labute approximate surface area is 211 Å². The van der Waals surface area contributed by atoms with Gasteiger partial charge in [0.05, 0.1) is 12.0 Å². The molecule has 5 rings (SSSR count). The van der Waals surface area contributed by atoms with E-state index in [2.05, 4.69) is 10.6 Å². The second kappa shape index (κ2) is 9.97. The van der Waals surface area contributed by atoms with Gasteiger partial charge in [0.25, 0.3) is 17.7 Å². The van der Waals surface area contributed by atoms with Crippen LogP contribution < -0.4 is 15.5 Å². The van der Waals surface area contributed by atoms with Gasteiger partial charge < -0.3 is 15.1 Å². The van der Waals surface area contributed by atoms with Crippen LogP contribution in [0.15, 0.2) is 117 Å². The number of hydrogen-bond donors (Lipinski definition) is 2. The topological polar surface area (TPSA) is 91.7 Å². The molecule has 1 aliphatic heterocycles. The quantitative estimate of drug-likeness (QED) is 0.314. The summed E-state index contributed by atoms with van der Waals surface area (Å²) in [5.41, 5.74) is 3.09. The van der Waals surface area contributed by atoms with E-state index >= 15 is 0 Å². The van der Waals surface area contributed by atoms with Crippen molar-refractivity contribution < 1.29 is 18.8 Å². The molecule has 2 N–H and O–H groups in total. The molecule has 2 heterocycles. The summed E-state index contributed by atoms with van der Waals surface area (Å²) in [6, 6.07) is 26.7. The number of nitrogens with zero attached hydrogens (tertiary/aromatic N) is 1. The van der Waals surface area contributed by atoms with Crippen molar-refractivity contribution in [1.82, 2.24) is 0 Å². The highest BCUT2D eigenvalue weighted by atomic mass is 32.2. The molecular weight excluding hydrogens is 474 g/mol. The van der Waals surface area contributed by atoms with Crippen LogP contribution in [0, 0.1) is 6.92 Å². The number of para-hydroxylation sites is 1. The van der Waals surface area contributed by atoms with Crippen molar-refractivity contribution in [3.8, 4) is 0 Å². The fraction of sp³-hybridized carbons (Fsp3) is 0.0357. The average molecular weight is 496 g/mol. The van der Waals surface area contributed by atoms with Gasteiger partial charge in [0.2, 0.25) is 0 Å². The summed E-state index contributed by atoms with van der Waals surface area (Å²) in [6.45, 7) is 1.98. The third-order valence-electron chi connectivity index (χ3n) is 5.45. The molecule has 0 bridgehead atoms. The summed E-state index contributed by atoms with van der Waals surface area (Å²) >= 11 is 1.19. The molecule has 8 heteroatoms. The predicted octanol–water partition coefficient (Wildman–Crippen LogP) is 5.83. The zero-order valence-electron chi connectivity index (χ0n) is 19.2. The van der Waals surface area contributed by atoms with Crippen LogP contribution >= 0.6 is 11.8 Å². The lowest BCUT2D eigenvalue weighted by molar-refractivity contribution is -0.120. The molecule has 0 radical (unpaired) electrons. The first kappa shape index (κ1) is 23.2. The van der Waals surface area contributed by atoms with Crippen LogP contribution in [0.4, 0.5) is 17.1 Å². The number of hydrogen-bond acceptors (Lipinski definition) is 6. The van der Waals surface area contributed by atoms with E-state index in [0.717, 1.165) is 10.5 Å². The number of benzene rings is 3. The lowest BCUT2D eigenvalue weighted by Crippen LogP contribution is -2.32. The molecule has 0 saturated heterocycles. The second-order valence-corrected chi connectivity index (χ2v) is 9.12. The number of nitrogens with one attached hydrogen (secondary N) is 2. The Morgan fingerprint density at radius 1 is 0.806 bits per heavy atom. The summed E-state index contributed by atoms with van der Waals surface area (Å²) in [4.78, 5) is 41.2. The second-order valence-electron chi connectivity index (χ2n) is 8.03. The molecule has 7 nitrogen and oxygen atoms in total. The number of carbonyl (C=O) groups is 3. The molecule has 1 aromatic heterocycles. The molecule has 0 fully saturated rings. The van der Waals surface area contributed by atoms with E-state index in [9.17, 15) is 14.4 Å². The third kappa shape index (κ3) is 4.80. The minimum atomic E-state index is -0.420. The van der Waals surface area contributed by atoms with Crippen molar-refractivity contribution in [2.75, 3.05) is 15.5 Å². The number of anilines is 3. The zero-order chi connectivity index (χ0) is 25.1. The molecule has 36 heavy (non-hydrogen) atoms. The number of rotatable bonds is 7. The molecule has 0 atom stereocenters. The standard InChI is InChI=1S/C28H21N3O4S/c1-18-9-11-19(12-10-18)29-24-25(28(34)31(27(24)33)21-6-3-2-4-7-21)36-22-15-13-20(14-16-22)30-26(32)23-8-5-17-35-23/h2-17,29H,1H3,(H,30,32). The Morgan fingerprint density at radius 2 is 1.50 bits per heavy atom. The van der Waals surface area contributed by atoms with Crippen molar-refractivity contribution in [3.63, 3.8) is 0 Å². The SMILES string of the molecule is Cc1ccc(NC2=C(Sc3ccc(NC(=O)c4ccco4)cc3)C(=O)N(c3ccccc3)C2=O)cc1. The molecule has 3 amide bonds. The summed E-state index contributed by atoms with van der Waals surface area (Å²) in [7, 11) is 0. The van der Waals surface area contributed by atoms with Gasteiger partial charge in [0, 0.05) is 16.3 Å². The number of carbonyl (C=O) groups excluding carboxylic acids is 3. The summed E-state index contributed by atoms with van der Waals surface area (Å²) in [5.74, 6) is -0.970. The maximum Gasteiger partial charge on any atom is 0.291 e. The average Bonchev–Trinajstić information content (AvgIpc) is 3.51. The van der Waals surface area contributed by atoms with Crippen LogP contribution in [0.5, 0.6) is 0 Å². The van der Waals surface area contributed by atoms with Gasteiger partial charge in [-0.15, -0.1) is 0 Å². The lowest BCUT2D eigenvalue weighted by Gasteiger charge is -2.15. The van der Waals surface area contributed by atoms with Crippen LogP contribution in [0.1, 0.15) is 16.1 Å². The molecule has 0 aliphatic carbocycles. The highest BCUT2D eigenvalue weighted by Gasteiger charge is 2.40. The number of imide groups is 1. The minimum absolute atomic E-state index is 0.210. The Hall–Kier alpha value is -4.56. The molecular formula is C28H21N3O4S. The molecule has 1 aliphatic rings. The Bertz CT molecular complexity index is 1450. The van der Waals surface area contributed by atoms with Gasteiger partial charge in [-0.1, -0.05) is 47.7 Å². The van der Waals surface area contributed by atoms with E-state index in [0.29, 0.717) is 17.1 Å². The normalized spacial score (nSPS) is 13.3. The Morgan fingerprint density at radius 3 is 2.17 bits per heavy atom. The van der Waals surface area contributed by atoms with Crippen molar-refractivity contribution in [2.24, 2.45) is 0 Å². The Balaban J connectivity index is 1.41. The third-order valence-corrected chi connectivity index (χ3v) is 6.54. The van der Waals surface area contributed by atoms with Crippen LogP contribution in [-0.4, -0.2) is 17.7 Å². The lowest BCUT2D eigenvalue weighted by atomic mass is 10.2. The van der Waals surface area contributed by atoms with Gasteiger partial charge >= 0.3 is 0 Å². The summed E-state index contributed by atoms with van der Waals surface area (Å²) in [5, 5.41) is 5.91. The predicted molar refractivity (Wildman–Crippen MR) is 140 cm³/mol. The minimum Gasteiger partial charge on any atom is -0.459 e. The fourth-order valence-electron chi connectivity index (χ4n) is 3.63. The summed E-state index contributed by atoms with van der Waals surface area (Å²) < 4.78 is 5.11. The summed E-state index contributed by atoms with van der Waals surface area (Å²) in [6.07, 6.45) is 1.43. The number of aryl methyl sites for hydroxylation is 1. The molecule has 178 valence electrons. The van der Waals surface area contributed by atoms with Crippen LogP contribution in [0.3, 0.4) is 0 Å². The van der Waals surface area contributed by atoms with Crippen molar-refractivity contribution in [3.05, 3.63) is 119 Å². The highest BCUT2D eigenvalue weighted by Crippen LogP contribution is 2.38. The smallest absolute Gasteiger partial charge is 0.291 e. The number of thioether (sulfide) groups is 1. The molecule has 0 spiro atoms. The van der Waals surface area contributed by atoms with E-state index in [4.69, 9.17) is 4.42 Å². The maximum absolute atomic E-state index is 13.4. The van der Waals surface area contributed by atoms with Crippen LogP contribution in [-0.2, 0) is 9.59 Å². The van der Waals surface area contributed by atoms with E-state index in [-0.39, 0.29) is 22.3 Å². The monoisotopic (exact) mass is 495 g/mol. The van der Waals surface area contributed by atoms with Crippen molar-refractivity contribution in [1.29, 1.82) is 0 Å². The van der Waals surface area contributed by atoms with E-state index < -0.39 is 11.8 Å². The van der Waals surface area contributed by atoms with Gasteiger partial charge in [-0.25, -0.2) is 4.90 Å². The molecule has 3 aromatic carbocycles. The first-order valence-corrected chi connectivity index (χ1v) is 12.0. The van der Waals surface area contributed by atoms with Gasteiger partial charge in [-0.3, -0.25) is 14.4 Å². The molecule has 0 saturated carbocycles. The van der Waals surface area contributed by atoms with Crippen molar-refractivity contribution >= 4 is 46.5 Å². The number of amides is 3. The molecule has 4 aromatic rings. The van der Waals surface area contributed by atoms with Gasteiger partial charge in [0.1, 0.15) is 10.6 Å². The first-order valence-electron chi connectivity index (χ1n) is 11.1. The van der Waals surface area contributed by atoms with Gasteiger partial charge in [0.15, 0.2) is 5.76 Å².